The maximum atomic E-state index is 2.55. The van der Waals surface area contributed by atoms with Crippen LogP contribution in [-0.2, 0) is 6.54 Å². The number of aromatic nitrogens is 1. The van der Waals surface area contributed by atoms with Crippen LogP contribution >= 0.6 is 21.6 Å². The fourth-order valence-corrected chi connectivity index (χ4v) is 8.01. The molecule has 254 valence electrons. The molecule has 2 rings (SSSR count). The van der Waals surface area contributed by atoms with Gasteiger partial charge in [0.05, 0.1) is 0 Å². The van der Waals surface area contributed by atoms with Crippen molar-refractivity contribution >= 4 is 39.4 Å². The minimum atomic E-state index is 1.13. The molecule has 0 aliphatic heterocycles. The van der Waals surface area contributed by atoms with Gasteiger partial charge in [0.25, 0.3) is 0 Å². The number of hydrogen-bond acceptors (Lipinski definition) is 3. The van der Waals surface area contributed by atoms with Crippen molar-refractivity contribution in [2.24, 2.45) is 0 Å². The highest BCUT2D eigenvalue weighted by Gasteiger charge is 2.05. The molecule has 0 amide bonds. The first-order valence-corrected chi connectivity index (χ1v) is 21.5. The van der Waals surface area contributed by atoms with Crippen molar-refractivity contribution in [1.82, 2.24) is 0 Å². The Balaban J connectivity index is 1.46. The Morgan fingerprint density at radius 1 is 0.489 bits per heavy atom. The van der Waals surface area contributed by atoms with Crippen LogP contribution in [-0.4, -0.2) is 24.6 Å². The predicted molar refractivity (Wildman–Crippen MR) is 208 cm³/mol. The molecule has 0 spiro atoms. The molecule has 1 heterocycles. The molecule has 2 aromatic rings. The molecular weight excluding hydrogens is 585 g/mol. The van der Waals surface area contributed by atoms with Gasteiger partial charge in [0.15, 0.2) is 12.4 Å². The molecule has 0 aliphatic carbocycles. The van der Waals surface area contributed by atoms with Crippen molar-refractivity contribution in [2.45, 2.75) is 156 Å². The van der Waals surface area contributed by atoms with Gasteiger partial charge in [-0.3, -0.25) is 0 Å². The van der Waals surface area contributed by atoms with Crippen LogP contribution in [0, 0.1) is 0 Å². The number of hydrogen-bond donors (Lipinski definition) is 0. The normalized spacial score (nSPS) is 11.5. The van der Waals surface area contributed by atoms with Gasteiger partial charge in [-0.1, -0.05) is 157 Å². The molecule has 0 saturated carbocycles. The van der Waals surface area contributed by atoms with Crippen LogP contribution in [0.5, 0.6) is 0 Å². The van der Waals surface area contributed by atoms with Crippen LogP contribution in [0.25, 0.3) is 12.2 Å². The second-order valence-electron chi connectivity index (χ2n) is 12.9. The van der Waals surface area contributed by atoms with E-state index in [-0.39, 0.29) is 0 Å². The third-order valence-electron chi connectivity index (χ3n) is 8.77. The summed E-state index contributed by atoms with van der Waals surface area (Å²) < 4.78 is 2.35. The van der Waals surface area contributed by atoms with Gasteiger partial charge < -0.3 is 4.90 Å². The van der Waals surface area contributed by atoms with E-state index in [1.807, 2.05) is 0 Å². The number of nitrogens with zero attached hydrogens (tertiary/aromatic N) is 2. The van der Waals surface area contributed by atoms with Gasteiger partial charge in [0.1, 0.15) is 6.54 Å². The second kappa shape index (κ2) is 28.8. The average molecular weight is 654 g/mol. The molecule has 0 unspecified atom stereocenters. The Morgan fingerprint density at radius 2 is 0.911 bits per heavy atom. The van der Waals surface area contributed by atoms with Gasteiger partial charge in [-0.2, -0.15) is 0 Å². The second-order valence-corrected chi connectivity index (χ2v) is 15.6. The first-order chi connectivity index (χ1) is 22.3. The van der Waals surface area contributed by atoms with Gasteiger partial charge in [-0.15, -0.1) is 0 Å². The molecule has 2 nitrogen and oxygen atoms in total. The minimum absolute atomic E-state index is 1.13. The number of anilines is 1. The van der Waals surface area contributed by atoms with Crippen LogP contribution in [0.4, 0.5) is 5.69 Å². The van der Waals surface area contributed by atoms with Gasteiger partial charge >= 0.3 is 0 Å². The Kier molecular flexibility index (Phi) is 25.5. The number of pyridine rings is 1. The van der Waals surface area contributed by atoms with E-state index in [9.17, 15) is 0 Å². The van der Waals surface area contributed by atoms with Crippen molar-refractivity contribution in [1.29, 1.82) is 0 Å². The lowest BCUT2D eigenvalue weighted by Gasteiger charge is -2.24. The first kappa shape index (κ1) is 39.8. The maximum Gasteiger partial charge on any atom is 0.169 e. The van der Waals surface area contributed by atoms with Crippen LogP contribution in [0.2, 0.25) is 0 Å². The molecule has 45 heavy (non-hydrogen) atoms. The number of benzene rings is 1. The number of rotatable bonds is 30. The fourth-order valence-electron chi connectivity index (χ4n) is 5.71. The zero-order valence-electron chi connectivity index (χ0n) is 29.7. The molecule has 0 saturated heterocycles. The van der Waals surface area contributed by atoms with Crippen molar-refractivity contribution in [2.75, 3.05) is 29.5 Å². The molecule has 0 radical (unpaired) electrons. The molecule has 0 aliphatic rings. The molecule has 0 atom stereocenters. The van der Waals surface area contributed by atoms with Gasteiger partial charge in [-0.05, 0) is 55.4 Å². The highest BCUT2D eigenvalue weighted by atomic mass is 33.1. The quantitative estimate of drug-likeness (QED) is 0.0471. The van der Waals surface area contributed by atoms with Gasteiger partial charge in [0, 0.05) is 48.8 Å². The molecular formula is C41H69N2S2+. The van der Waals surface area contributed by atoms with Crippen molar-refractivity contribution in [3.63, 3.8) is 0 Å². The monoisotopic (exact) mass is 653 g/mol. The predicted octanol–water partition coefficient (Wildman–Crippen LogP) is 13.2. The molecule has 0 fully saturated rings. The van der Waals surface area contributed by atoms with Crippen molar-refractivity contribution < 1.29 is 4.57 Å². The first-order valence-electron chi connectivity index (χ1n) is 19.0. The topological polar surface area (TPSA) is 7.12 Å². The van der Waals surface area contributed by atoms with E-state index in [2.05, 4.69) is 113 Å². The van der Waals surface area contributed by atoms with Crippen molar-refractivity contribution in [3.05, 3.63) is 59.9 Å². The summed E-state index contributed by atoms with van der Waals surface area (Å²) in [6.45, 7) is 10.3. The summed E-state index contributed by atoms with van der Waals surface area (Å²) in [5, 5.41) is 0. The molecule has 1 aromatic carbocycles. The third-order valence-corrected chi connectivity index (χ3v) is 11.3. The minimum Gasteiger partial charge on any atom is -0.372 e. The number of unbranched alkanes of at least 4 members (excludes halogenated alkanes) is 16. The van der Waals surface area contributed by atoms with E-state index >= 15 is 0 Å². The standard InChI is InChI=1S/C41H69N2S2/c1-4-7-10-11-16-19-22-37-44-45-38-23-20-17-14-12-13-15-18-21-32-42-35-30-40(31-36-42)25-24-39-26-28-41(29-27-39)43(33-8-5-2)34-9-6-3/h24-31,35-36H,4-23,32-34,37-38H2,1-3H3/q+1. The van der Waals surface area contributed by atoms with Crippen LogP contribution in [0.15, 0.2) is 48.8 Å². The van der Waals surface area contributed by atoms with E-state index in [1.165, 1.54) is 157 Å². The highest BCUT2D eigenvalue weighted by molar-refractivity contribution is 8.76. The summed E-state index contributed by atoms with van der Waals surface area (Å²) in [5.41, 5.74) is 3.89. The van der Waals surface area contributed by atoms with Crippen molar-refractivity contribution in [3.8, 4) is 0 Å². The van der Waals surface area contributed by atoms with E-state index in [1.54, 1.807) is 0 Å². The average Bonchev–Trinajstić information content (AvgIpc) is 3.07. The van der Waals surface area contributed by atoms with E-state index in [0.717, 1.165) is 19.6 Å². The van der Waals surface area contributed by atoms with Crippen LogP contribution in [0.3, 0.4) is 0 Å². The number of aryl methyl sites for hydroxylation is 1. The van der Waals surface area contributed by atoms with E-state index < -0.39 is 0 Å². The summed E-state index contributed by atoms with van der Waals surface area (Å²) >= 11 is 0. The molecule has 0 bridgehead atoms. The van der Waals surface area contributed by atoms with E-state index in [4.69, 9.17) is 0 Å². The maximum absolute atomic E-state index is 2.55. The lowest BCUT2D eigenvalue weighted by Crippen LogP contribution is -2.32. The summed E-state index contributed by atoms with van der Waals surface area (Å²) in [5.74, 6) is 2.70. The Morgan fingerprint density at radius 3 is 1.40 bits per heavy atom. The highest BCUT2D eigenvalue weighted by Crippen LogP contribution is 2.25. The van der Waals surface area contributed by atoms with Crippen LogP contribution in [0.1, 0.15) is 160 Å². The SMILES string of the molecule is CCCCCCCCCSSCCCCCCCCCCC[n+]1ccc(/C=C/c2ccc(N(CCCC)CCCC)cc2)cc1. The Hall–Kier alpha value is -1.39. The summed E-state index contributed by atoms with van der Waals surface area (Å²) in [4.78, 5) is 2.55. The summed E-state index contributed by atoms with van der Waals surface area (Å²) in [7, 11) is 4.23. The summed E-state index contributed by atoms with van der Waals surface area (Å²) in [6, 6.07) is 13.6. The molecule has 4 heteroatoms. The largest absolute Gasteiger partial charge is 0.372 e. The third kappa shape index (κ3) is 21.2. The van der Waals surface area contributed by atoms with E-state index in [0.29, 0.717) is 0 Å². The zero-order valence-corrected chi connectivity index (χ0v) is 31.3. The Labute approximate surface area is 288 Å². The lowest BCUT2D eigenvalue weighted by molar-refractivity contribution is -0.697. The fraction of sp³-hybridized carbons (Fsp3) is 0.683. The Bertz CT molecular complexity index is 933. The summed E-state index contributed by atoms with van der Waals surface area (Å²) in [6.07, 6.45) is 36.5. The molecule has 1 aromatic heterocycles. The van der Waals surface area contributed by atoms with Crippen LogP contribution < -0.4 is 9.47 Å². The lowest BCUT2D eigenvalue weighted by atomic mass is 10.1. The smallest absolute Gasteiger partial charge is 0.169 e. The zero-order chi connectivity index (χ0) is 32.0. The van der Waals surface area contributed by atoms with Gasteiger partial charge in [-0.25, -0.2) is 4.57 Å². The van der Waals surface area contributed by atoms with Gasteiger partial charge in [0.2, 0.25) is 0 Å². The molecule has 0 N–H and O–H groups in total.